The molecule has 2 aromatic carbocycles. The van der Waals surface area contributed by atoms with Crippen LogP contribution in [0.25, 0.3) is 0 Å². The molecule has 2 atom stereocenters. The average molecular weight is 445 g/mol. The molecule has 1 aliphatic heterocycles. The van der Waals surface area contributed by atoms with Crippen LogP contribution in [0.5, 0.6) is 17.2 Å². The highest BCUT2D eigenvalue weighted by atomic mass is 19.1. The first-order valence-electron chi connectivity index (χ1n) is 9.87. The fourth-order valence-electron chi connectivity index (χ4n) is 3.24. The van der Waals surface area contributed by atoms with E-state index in [9.17, 15) is 18.8 Å². The summed E-state index contributed by atoms with van der Waals surface area (Å²) in [4.78, 5) is 38.7. The number of hydrogen-bond donors (Lipinski definition) is 2. The fourth-order valence-corrected chi connectivity index (χ4v) is 3.24. The first-order chi connectivity index (χ1) is 15.3. The second-order valence-electron chi connectivity index (χ2n) is 7.11. The summed E-state index contributed by atoms with van der Waals surface area (Å²) >= 11 is 0. The van der Waals surface area contributed by atoms with Crippen molar-refractivity contribution in [2.45, 2.75) is 19.4 Å². The van der Waals surface area contributed by atoms with Gasteiger partial charge in [0.25, 0.3) is 5.91 Å². The lowest BCUT2D eigenvalue weighted by atomic mass is 10.1. The Hall–Kier alpha value is -3.82. The van der Waals surface area contributed by atoms with Gasteiger partial charge in [0.05, 0.1) is 25.8 Å². The van der Waals surface area contributed by atoms with Crippen LogP contribution in [0.4, 0.5) is 10.1 Å². The monoisotopic (exact) mass is 445 g/mol. The van der Waals surface area contributed by atoms with Gasteiger partial charge in [0.2, 0.25) is 11.8 Å². The maximum atomic E-state index is 13.7. The fraction of sp³-hybridized carbons (Fsp3) is 0.318. The van der Waals surface area contributed by atoms with Gasteiger partial charge in [-0.05, 0) is 31.2 Å². The zero-order chi connectivity index (χ0) is 23.3. The molecule has 0 spiro atoms. The molecule has 9 nitrogen and oxygen atoms in total. The molecule has 2 unspecified atom stereocenters. The van der Waals surface area contributed by atoms with Crippen molar-refractivity contribution in [1.29, 1.82) is 0 Å². The van der Waals surface area contributed by atoms with Gasteiger partial charge in [-0.3, -0.25) is 25.2 Å². The number of benzene rings is 2. The molecule has 1 heterocycles. The van der Waals surface area contributed by atoms with E-state index in [-0.39, 0.29) is 24.6 Å². The number of para-hydroxylation sites is 1. The van der Waals surface area contributed by atoms with Gasteiger partial charge < -0.3 is 19.1 Å². The van der Waals surface area contributed by atoms with Crippen LogP contribution >= 0.6 is 0 Å². The normalized spacial score (nSPS) is 16.3. The molecule has 1 aliphatic rings. The van der Waals surface area contributed by atoms with E-state index in [4.69, 9.17) is 14.2 Å². The Morgan fingerprint density at radius 3 is 2.53 bits per heavy atom. The Morgan fingerprint density at radius 2 is 1.84 bits per heavy atom. The molecule has 0 saturated carbocycles. The van der Waals surface area contributed by atoms with Crippen molar-refractivity contribution in [3.63, 3.8) is 0 Å². The summed E-state index contributed by atoms with van der Waals surface area (Å²) in [6, 6.07) is 10.7. The first-order valence-corrected chi connectivity index (χ1v) is 9.87. The molecule has 10 heteroatoms. The van der Waals surface area contributed by atoms with Crippen LogP contribution in [0, 0.1) is 11.7 Å². The smallest absolute Gasteiger partial charge is 0.279 e. The predicted octanol–water partition coefficient (Wildman–Crippen LogP) is 1.81. The Morgan fingerprint density at radius 1 is 1.09 bits per heavy atom. The molecule has 0 bridgehead atoms. The molecule has 1 fully saturated rings. The summed E-state index contributed by atoms with van der Waals surface area (Å²) in [7, 11) is 3.00. The number of hydrogen-bond acceptors (Lipinski definition) is 6. The third kappa shape index (κ3) is 5.08. The highest BCUT2D eigenvalue weighted by molar-refractivity contribution is 6.01. The highest BCUT2D eigenvalue weighted by Gasteiger charge is 2.36. The van der Waals surface area contributed by atoms with Crippen molar-refractivity contribution in [2.75, 3.05) is 25.7 Å². The molecular weight excluding hydrogens is 421 g/mol. The van der Waals surface area contributed by atoms with Crippen LogP contribution in [0.15, 0.2) is 42.5 Å². The Kier molecular flexibility index (Phi) is 7.14. The maximum absolute atomic E-state index is 13.7. The minimum absolute atomic E-state index is 0.0296. The molecule has 2 N–H and O–H groups in total. The lowest BCUT2D eigenvalue weighted by Gasteiger charge is -2.20. The van der Waals surface area contributed by atoms with Crippen LogP contribution < -0.4 is 30.0 Å². The third-order valence-electron chi connectivity index (χ3n) is 4.99. The van der Waals surface area contributed by atoms with Crippen molar-refractivity contribution in [3.05, 3.63) is 48.3 Å². The zero-order valence-electron chi connectivity index (χ0n) is 17.9. The number of nitrogens with zero attached hydrogens (tertiary/aromatic N) is 1. The van der Waals surface area contributed by atoms with Crippen LogP contribution in [0.1, 0.15) is 13.3 Å². The largest absolute Gasteiger partial charge is 0.497 e. The lowest BCUT2D eigenvalue weighted by molar-refractivity contribution is -0.134. The number of nitrogens with one attached hydrogen (secondary N) is 2. The quantitative estimate of drug-likeness (QED) is 0.630. The summed E-state index contributed by atoms with van der Waals surface area (Å²) < 4.78 is 29.4. The van der Waals surface area contributed by atoms with Gasteiger partial charge in [-0.15, -0.1) is 0 Å². The number of amides is 3. The van der Waals surface area contributed by atoms with Crippen molar-refractivity contribution < 1.29 is 33.0 Å². The van der Waals surface area contributed by atoms with Crippen LogP contribution in [-0.2, 0) is 14.4 Å². The zero-order valence-corrected chi connectivity index (χ0v) is 17.9. The number of rotatable bonds is 7. The average Bonchev–Trinajstić information content (AvgIpc) is 3.19. The van der Waals surface area contributed by atoms with Crippen LogP contribution in [-0.4, -0.2) is 44.6 Å². The number of hydrazine groups is 1. The Labute approximate surface area is 184 Å². The van der Waals surface area contributed by atoms with Gasteiger partial charge in [-0.1, -0.05) is 12.1 Å². The van der Waals surface area contributed by atoms with E-state index in [1.807, 2.05) is 0 Å². The molecule has 3 amide bonds. The van der Waals surface area contributed by atoms with Crippen molar-refractivity contribution >= 4 is 23.4 Å². The lowest BCUT2D eigenvalue weighted by Crippen LogP contribution is -2.49. The SMILES string of the molecule is COc1ccc(N2CC(C(=O)NNC(=O)C(C)Oc3ccccc3F)CC2=O)c(OC)c1. The molecule has 0 aliphatic carbocycles. The van der Waals surface area contributed by atoms with Gasteiger partial charge >= 0.3 is 0 Å². The summed E-state index contributed by atoms with van der Waals surface area (Å²) in [5.74, 6) is -1.80. The van der Waals surface area contributed by atoms with E-state index >= 15 is 0 Å². The third-order valence-corrected chi connectivity index (χ3v) is 4.99. The number of ether oxygens (including phenoxy) is 3. The molecular formula is C22H24FN3O6. The maximum Gasteiger partial charge on any atom is 0.279 e. The van der Waals surface area contributed by atoms with Crippen molar-refractivity contribution in [1.82, 2.24) is 10.9 Å². The number of carbonyl (C=O) groups is 3. The number of carbonyl (C=O) groups excluding carboxylic acids is 3. The molecule has 1 saturated heterocycles. The highest BCUT2D eigenvalue weighted by Crippen LogP contribution is 2.35. The van der Waals surface area contributed by atoms with Gasteiger partial charge in [0.15, 0.2) is 17.7 Å². The summed E-state index contributed by atoms with van der Waals surface area (Å²) in [6.45, 7) is 1.54. The number of methoxy groups -OCH3 is 2. The molecule has 0 radical (unpaired) electrons. The van der Waals surface area contributed by atoms with E-state index in [0.29, 0.717) is 17.2 Å². The molecule has 0 aromatic heterocycles. The standard InChI is InChI=1S/C22H24FN3O6/c1-13(32-18-7-5-4-6-16(18)23)21(28)24-25-22(29)14-10-20(27)26(12-14)17-9-8-15(30-2)11-19(17)31-3/h4-9,11,13-14H,10,12H2,1-3H3,(H,24,28)(H,25,29). The molecule has 32 heavy (non-hydrogen) atoms. The summed E-state index contributed by atoms with van der Waals surface area (Å²) in [6.07, 6.45) is -1.09. The van der Waals surface area contributed by atoms with E-state index < -0.39 is 29.7 Å². The first kappa shape index (κ1) is 22.9. The van der Waals surface area contributed by atoms with Gasteiger partial charge in [0, 0.05) is 19.0 Å². The van der Waals surface area contributed by atoms with Crippen molar-refractivity contribution in [3.8, 4) is 17.2 Å². The molecule has 170 valence electrons. The van der Waals surface area contributed by atoms with E-state index in [1.165, 1.54) is 44.2 Å². The van der Waals surface area contributed by atoms with E-state index in [2.05, 4.69) is 10.9 Å². The minimum Gasteiger partial charge on any atom is -0.497 e. The number of anilines is 1. The van der Waals surface area contributed by atoms with Gasteiger partial charge in [-0.25, -0.2) is 4.39 Å². The molecule has 3 rings (SSSR count). The Balaban J connectivity index is 1.57. The van der Waals surface area contributed by atoms with Gasteiger partial charge in [0.1, 0.15) is 11.5 Å². The van der Waals surface area contributed by atoms with Crippen molar-refractivity contribution in [2.24, 2.45) is 5.92 Å². The predicted molar refractivity (Wildman–Crippen MR) is 113 cm³/mol. The number of halogens is 1. The van der Waals surface area contributed by atoms with E-state index in [1.54, 1.807) is 24.3 Å². The second kappa shape index (κ2) is 9.99. The van der Waals surface area contributed by atoms with Crippen LogP contribution in [0.2, 0.25) is 0 Å². The summed E-state index contributed by atoms with van der Waals surface area (Å²) in [5.41, 5.74) is 5.07. The topological polar surface area (TPSA) is 106 Å². The Bertz CT molecular complexity index is 1010. The second-order valence-corrected chi connectivity index (χ2v) is 7.11. The summed E-state index contributed by atoms with van der Waals surface area (Å²) in [5, 5.41) is 0. The minimum atomic E-state index is -1.06. The molecule has 2 aromatic rings. The van der Waals surface area contributed by atoms with Gasteiger partial charge in [-0.2, -0.15) is 0 Å². The van der Waals surface area contributed by atoms with Crippen LogP contribution in [0.3, 0.4) is 0 Å². The van der Waals surface area contributed by atoms with E-state index in [0.717, 1.165) is 0 Å².